The Labute approximate surface area is 110 Å². The Bertz CT molecular complexity index is 499. The molecule has 17 heavy (non-hydrogen) atoms. The van der Waals surface area contributed by atoms with Crippen LogP contribution in [0, 0.1) is 0 Å². The molecule has 0 aliphatic rings. The molecule has 0 saturated heterocycles. The zero-order valence-electron chi connectivity index (χ0n) is 9.91. The molecule has 0 aliphatic heterocycles. The van der Waals surface area contributed by atoms with Gasteiger partial charge in [-0.15, -0.1) is 0 Å². The third-order valence-corrected chi connectivity index (χ3v) is 3.16. The van der Waals surface area contributed by atoms with E-state index in [4.69, 9.17) is 0 Å². The SMILES string of the molecule is CCCCCNc1ncnc2ccc(Br)cc12. The van der Waals surface area contributed by atoms with Crippen molar-refractivity contribution >= 4 is 32.7 Å². The average Bonchev–Trinajstić information content (AvgIpc) is 2.35. The van der Waals surface area contributed by atoms with E-state index in [0.29, 0.717) is 0 Å². The fourth-order valence-electron chi connectivity index (χ4n) is 1.75. The van der Waals surface area contributed by atoms with Crippen LogP contribution in [0.15, 0.2) is 29.0 Å². The highest BCUT2D eigenvalue weighted by Crippen LogP contribution is 2.23. The maximum absolute atomic E-state index is 4.30. The van der Waals surface area contributed by atoms with Crippen molar-refractivity contribution in [2.45, 2.75) is 26.2 Å². The summed E-state index contributed by atoms with van der Waals surface area (Å²) < 4.78 is 1.05. The molecule has 0 amide bonds. The summed E-state index contributed by atoms with van der Waals surface area (Å²) in [6.07, 6.45) is 5.27. The zero-order valence-corrected chi connectivity index (χ0v) is 11.5. The predicted molar refractivity (Wildman–Crippen MR) is 75.3 cm³/mol. The lowest BCUT2D eigenvalue weighted by molar-refractivity contribution is 0.742. The molecule has 0 atom stereocenters. The van der Waals surface area contributed by atoms with Gasteiger partial charge >= 0.3 is 0 Å². The number of unbranched alkanes of at least 4 members (excludes halogenated alkanes) is 2. The number of halogens is 1. The first kappa shape index (κ1) is 12.3. The van der Waals surface area contributed by atoms with Gasteiger partial charge in [-0.05, 0) is 24.6 Å². The molecule has 0 aliphatic carbocycles. The summed E-state index contributed by atoms with van der Waals surface area (Å²) in [4.78, 5) is 8.56. The van der Waals surface area contributed by atoms with Crippen LogP contribution in [0.5, 0.6) is 0 Å². The molecule has 1 aromatic heterocycles. The van der Waals surface area contributed by atoms with Crippen LogP contribution in [0.4, 0.5) is 5.82 Å². The van der Waals surface area contributed by atoms with Gasteiger partial charge in [0.25, 0.3) is 0 Å². The summed E-state index contributed by atoms with van der Waals surface area (Å²) in [5.74, 6) is 0.924. The Morgan fingerprint density at radius 2 is 2.12 bits per heavy atom. The smallest absolute Gasteiger partial charge is 0.137 e. The molecule has 1 N–H and O–H groups in total. The summed E-state index contributed by atoms with van der Waals surface area (Å²) in [5.41, 5.74) is 0.973. The van der Waals surface area contributed by atoms with Crippen LogP contribution in [0.3, 0.4) is 0 Å². The molecule has 2 aromatic rings. The Kier molecular flexibility index (Phi) is 4.31. The highest BCUT2D eigenvalue weighted by Gasteiger charge is 2.03. The van der Waals surface area contributed by atoms with Crippen LogP contribution in [0.25, 0.3) is 10.9 Å². The van der Waals surface area contributed by atoms with E-state index in [1.54, 1.807) is 6.33 Å². The molecule has 90 valence electrons. The predicted octanol–water partition coefficient (Wildman–Crippen LogP) is 3.99. The lowest BCUT2D eigenvalue weighted by Gasteiger charge is -2.08. The van der Waals surface area contributed by atoms with E-state index in [0.717, 1.165) is 27.7 Å². The van der Waals surface area contributed by atoms with Crippen molar-refractivity contribution in [2.24, 2.45) is 0 Å². The first-order valence-electron chi connectivity index (χ1n) is 5.95. The highest BCUT2D eigenvalue weighted by molar-refractivity contribution is 9.10. The maximum atomic E-state index is 4.30. The molecule has 0 bridgehead atoms. The Morgan fingerprint density at radius 1 is 1.24 bits per heavy atom. The Morgan fingerprint density at radius 3 is 2.94 bits per heavy atom. The maximum Gasteiger partial charge on any atom is 0.137 e. The molecule has 0 fully saturated rings. The molecule has 0 spiro atoms. The lowest BCUT2D eigenvalue weighted by atomic mass is 10.2. The molecule has 4 heteroatoms. The fraction of sp³-hybridized carbons (Fsp3) is 0.385. The van der Waals surface area contributed by atoms with Gasteiger partial charge in [-0.3, -0.25) is 0 Å². The van der Waals surface area contributed by atoms with E-state index < -0.39 is 0 Å². The second-order valence-corrected chi connectivity index (χ2v) is 4.93. The summed E-state index contributed by atoms with van der Waals surface area (Å²) in [6.45, 7) is 3.17. The summed E-state index contributed by atoms with van der Waals surface area (Å²) >= 11 is 3.48. The number of hydrogen-bond donors (Lipinski definition) is 1. The molecule has 0 unspecified atom stereocenters. The van der Waals surface area contributed by atoms with Crippen LogP contribution in [-0.4, -0.2) is 16.5 Å². The van der Waals surface area contributed by atoms with Crippen LogP contribution < -0.4 is 5.32 Å². The van der Waals surface area contributed by atoms with Gasteiger partial charge in [0.15, 0.2) is 0 Å². The van der Waals surface area contributed by atoms with E-state index in [1.165, 1.54) is 19.3 Å². The van der Waals surface area contributed by atoms with E-state index in [-0.39, 0.29) is 0 Å². The van der Waals surface area contributed by atoms with Gasteiger partial charge < -0.3 is 5.32 Å². The van der Waals surface area contributed by atoms with Gasteiger partial charge in [0.05, 0.1) is 5.52 Å². The summed E-state index contributed by atoms with van der Waals surface area (Å²) in [5, 5.41) is 4.45. The second kappa shape index (κ2) is 5.96. The van der Waals surface area contributed by atoms with Crippen molar-refractivity contribution in [3.8, 4) is 0 Å². The van der Waals surface area contributed by atoms with Crippen LogP contribution in [0.2, 0.25) is 0 Å². The number of anilines is 1. The number of fused-ring (bicyclic) bond motifs is 1. The van der Waals surface area contributed by atoms with E-state index >= 15 is 0 Å². The first-order valence-corrected chi connectivity index (χ1v) is 6.74. The standard InChI is InChI=1S/C13H16BrN3/c1-2-3-4-7-15-13-11-8-10(14)5-6-12(11)16-9-17-13/h5-6,8-9H,2-4,7H2,1H3,(H,15,16,17). The highest BCUT2D eigenvalue weighted by atomic mass is 79.9. The quantitative estimate of drug-likeness (QED) is 0.847. The number of rotatable bonds is 5. The molecular formula is C13H16BrN3. The van der Waals surface area contributed by atoms with Gasteiger partial charge in [-0.25, -0.2) is 9.97 Å². The third kappa shape index (κ3) is 3.16. The molecule has 1 aromatic carbocycles. The number of nitrogens with one attached hydrogen (secondary N) is 1. The normalized spacial score (nSPS) is 10.7. The van der Waals surface area contributed by atoms with Gasteiger partial charge in [0, 0.05) is 16.4 Å². The van der Waals surface area contributed by atoms with Gasteiger partial charge in [0.1, 0.15) is 12.1 Å². The van der Waals surface area contributed by atoms with Gasteiger partial charge in [-0.2, -0.15) is 0 Å². The first-order chi connectivity index (χ1) is 8.31. The fourth-order valence-corrected chi connectivity index (χ4v) is 2.11. The van der Waals surface area contributed by atoms with Crippen LogP contribution in [0.1, 0.15) is 26.2 Å². The van der Waals surface area contributed by atoms with E-state index in [2.05, 4.69) is 44.2 Å². The lowest BCUT2D eigenvalue weighted by Crippen LogP contribution is -2.04. The van der Waals surface area contributed by atoms with E-state index in [1.807, 2.05) is 12.1 Å². The molecule has 2 rings (SSSR count). The molecular weight excluding hydrogens is 278 g/mol. The number of hydrogen-bond acceptors (Lipinski definition) is 3. The average molecular weight is 294 g/mol. The van der Waals surface area contributed by atoms with Crippen molar-refractivity contribution < 1.29 is 0 Å². The van der Waals surface area contributed by atoms with Crippen molar-refractivity contribution in [1.82, 2.24) is 9.97 Å². The van der Waals surface area contributed by atoms with Crippen molar-refractivity contribution in [3.05, 3.63) is 29.0 Å². The minimum atomic E-state index is 0.924. The van der Waals surface area contributed by atoms with Crippen molar-refractivity contribution in [3.63, 3.8) is 0 Å². The summed E-state index contributed by atoms with van der Waals surface area (Å²) in [7, 11) is 0. The summed E-state index contributed by atoms with van der Waals surface area (Å²) in [6, 6.07) is 6.05. The molecule has 0 radical (unpaired) electrons. The van der Waals surface area contributed by atoms with Crippen LogP contribution >= 0.6 is 15.9 Å². The Balaban J connectivity index is 2.18. The van der Waals surface area contributed by atoms with Crippen molar-refractivity contribution in [1.29, 1.82) is 0 Å². The molecule has 1 heterocycles. The minimum Gasteiger partial charge on any atom is -0.369 e. The monoisotopic (exact) mass is 293 g/mol. The molecule has 0 saturated carbocycles. The second-order valence-electron chi connectivity index (χ2n) is 4.02. The van der Waals surface area contributed by atoms with Crippen LogP contribution in [-0.2, 0) is 0 Å². The van der Waals surface area contributed by atoms with Gasteiger partial charge in [-0.1, -0.05) is 35.7 Å². The largest absolute Gasteiger partial charge is 0.369 e. The van der Waals surface area contributed by atoms with E-state index in [9.17, 15) is 0 Å². The molecule has 3 nitrogen and oxygen atoms in total. The number of aromatic nitrogens is 2. The minimum absolute atomic E-state index is 0.924. The number of nitrogens with zero attached hydrogens (tertiary/aromatic N) is 2. The van der Waals surface area contributed by atoms with Gasteiger partial charge in [0.2, 0.25) is 0 Å². The topological polar surface area (TPSA) is 37.8 Å². The third-order valence-electron chi connectivity index (χ3n) is 2.67. The Hall–Kier alpha value is -1.16. The van der Waals surface area contributed by atoms with Crippen molar-refractivity contribution in [2.75, 3.05) is 11.9 Å². The number of benzene rings is 1. The zero-order chi connectivity index (χ0) is 12.1.